The van der Waals surface area contributed by atoms with Crippen molar-refractivity contribution < 1.29 is 18.0 Å². The normalized spacial score (nSPS) is 16.4. The van der Waals surface area contributed by atoms with Crippen molar-refractivity contribution in [2.24, 2.45) is 12.8 Å². The molecular weight excluding hydrogens is 477 g/mol. The fourth-order valence-corrected chi connectivity index (χ4v) is 3.54. The molecule has 0 aliphatic carbocycles. The van der Waals surface area contributed by atoms with E-state index in [-0.39, 0.29) is 5.57 Å². The second kappa shape index (κ2) is 15.2. The third-order valence-corrected chi connectivity index (χ3v) is 5.34. The number of piperidine rings is 1. The SMILES string of the molecule is C=C/C=C(\C=C(/C)C(F)(F)F)C(N)=O.CCl.Cn1nccc1-c1cccc(CC2CCCCN2)c1. The molecule has 1 fully saturated rings. The summed E-state index contributed by atoms with van der Waals surface area (Å²) in [5.41, 5.74) is 7.59. The van der Waals surface area contributed by atoms with Gasteiger partial charge in [0.2, 0.25) is 5.91 Å². The van der Waals surface area contributed by atoms with Crippen molar-refractivity contribution in [2.45, 2.75) is 44.8 Å². The number of primary amides is 1. The number of nitrogens with one attached hydrogen (secondary N) is 1. The first-order chi connectivity index (χ1) is 16.6. The molecule has 0 saturated carbocycles. The van der Waals surface area contributed by atoms with Gasteiger partial charge < -0.3 is 11.1 Å². The fourth-order valence-electron chi connectivity index (χ4n) is 3.54. The Hall–Kier alpha value is -2.84. The van der Waals surface area contributed by atoms with Crippen molar-refractivity contribution >= 4 is 17.5 Å². The Morgan fingerprint density at radius 1 is 1.31 bits per heavy atom. The van der Waals surface area contributed by atoms with E-state index < -0.39 is 17.7 Å². The lowest BCUT2D eigenvalue weighted by Gasteiger charge is -2.23. The average molecular weight is 511 g/mol. The standard InChI is InChI=1S/C16H21N3.C9H10F3NO.CH3Cl/c1-19-16(8-10-18-19)14-6-4-5-13(11-14)12-15-7-2-3-9-17-15;1-3-4-7(8(13)14)5-6(2)9(10,11)12;1-2/h4-6,8,10-11,15,17H,2-3,7,9,12H2,1H3;3-5H,1H2,2H3,(H2,13,14);1H3/b;6-5+,7-4+;. The zero-order chi connectivity index (χ0) is 26.4. The lowest BCUT2D eigenvalue weighted by Crippen LogP contribution is -2.35. The Labute approximate surface area is 210 Å². The zero-order valence-electron chi connectivity index (χ0n) is 20.4. The zero-order valence-corrected chi connectivity index (χ0v) is 21.2. The van der Waals surface area contributed by atoms with E-state index in [4.69, 9.17) is 5.73 Å². The summed E-state index contributed by atoms with van der Waals surface area (Å²) in [7, 11) is 1.99. The summed E-state index contributed by atoms with van der Waals surface area (Å²) in [5.74, 6) is -0.923. The smallest absolute Gasteiger partial charge is 0.366 e. The average Bonchev–Trinajstić information content (AvgIpc) is 3.26. The predicted octanol–water partition coefficient (Wildman–Crippen LogP) is 5.72. The monoisotopic (exact) mass is 510 g/mol. The van der Waals surface area contributed by atoms with Crippen LogP contribution in [0.15, 0.2) is 72.5 Å². The Morgan fingerprint density at radius 3 is 2.54 bits per heavy atom. The molecule has 0 radical (unpaired) electrons. The van der Waals surface area contributed by atoms with Crippen molar-refractivity contribution in [1.82, 2.24) is 15.1 Å². The van der Waals surface area contributed by atoms with E-state index in [0.717, 1.165) is 19.4 Å². The summed E-state index contributed by atoms with van der Waals surface area (Å²) in [6.07, 6.45) is 6.99. The molecule has 3 N–H and O–H groups in total. The van der Waals surface area contributed by atoms with Crippen LogP contribution < -0.4 is 11.1 Å². The number of aromatic nitrogens is 2. The molecule has 1 aliphatic rings. The van der Waals surface area contributed by atoms with Crippen LogP contribution in [-0.2, 0) is 18.3 Å². The second-order valence-electron chi connectivity index (χ2n) is 7.94. The molecule has 3 rings (SSSR count). The molecule has 0 bridgehead atoms. The van der Waals surface area contributed by atoms with Crippen molar-refractivity contribution in [2.75, 3.05) is 12.9 Å². The number of alkyl halides is 4. The van der Waals surface area contributed by atoms with Gasteiger partial charge in [-0.25, -0.2) is 0 Å². The number of rotatable bonds is 6. The summed E-state index contributed by atoms with van der Waals surface area (Å²) in [5, 5.41) is 7.86. The summed E-state index contributed by atoms with van der Waals surface area (Å²) in [6, 6.07) is 11.6. The molecule has 192 valence electrons. The van der Waals surface area contributed by atoms with Crippen LogP contribution in [-0.4, -0.2) is 40.8 Å². The van der Waals surface area contributed by atoms with E-state index in [9.17, 15) is 18.0 Å². The first-order valence-corrected chi connectivity index (χ1v) is 11.9. The number of nitrogens with zero attached hydrogens (tertiary/aromatic N) is 2. The summed E-state index contributed by atoms with van der Waals surface area (Å²) < 4.78 is 38.0. The van der Waals surface area contributed by atoms with Crippen molar-refractivity contribution in [3.63, 3.8) is 0 Å². The lowest BCUT2D eigenvalue weighted by atomic mass is 9.96. The Balaban J connectivity index is 0.000000343. The van der Waals surface area contributed by atoms with Crippen LogP contribution in [0.4, 0.5) is 13.2 Å². The second-order valence-corrected chi connectivity index (χ2v) is 7.94. The quantitative estimate of drug-likeness (QED) is 0.296. The maximum absolute atomic E-state index is 12.0. The molecule has 9 heteroatoms. The highest BCUT2D eigenvalue weighted by molar-refractivity contribution is 6.15. The minimum absolute atomic E-state index is 0.227. The maximum Gasteiger partial charge on any atom is 0.412 e. The highest BCUT2D eigenvalue weighted by atomic mass is 35.5. The number of aryl methyl sites for hydroxylation is 1. The summed E-state index contributed by atoms with van der Waals surface area (Å²) in [4.78, 5) is 10.6. The molecule has 35 heavy (non-hydrogen) atoms. The van der Waals surface area contributed by atoms with Gasteiger partial charge in [0.05, 0.1) is 5.69 Å². The van der Waals surface area contributed by atoms with Gasteiger partial charge in [0, 0.05) is 42.4 Å². The van der Waals surface area contributed by atoms with Crippen molar-refractivity contribution in [3.05, 3.63) is 78.0 Å². The third-order valence-electron chi connectivity index (χ3n) is 5.34. The fraction of sp³-hybridized carbons (Fsp3) is 0.385. The number of carbonyl (C=O) groups excluding carboxylic acids is 1. The highest BCUT2D eigenvalue weighted by Crippen LogP contribution is 2.26. The van der Waals surface area contributed by atoms with Crippen molar-refractivity contribution in [1.29, 1.82) is 0 Å². The van der Waals surface area contributed by atoms with Gasteiger partial charge in [-0.2, -0.15) is 18.3 Å². The highest BCUT2D eigenvalue weighted by Gasteiger charge is 2.30. The molecule has 1 atom stereocenters. The molecule has 0 spiro atoms. The Kier molecular flexibility index (Phi) is 13.1. The van der Waals surface area contributed by atoms with Crippen LogP contribution in [0.3, 0.4) is 0 Å². The molecule has 1 aromatic carbocycles. The summed E-state index contributed by atoms with van der Waals surface area (Å²) >= 11 is 4.64. The molecule has 1 aromatic heterocycles. The molecule has 1 aliphatic heterocycles. The third kappa shape index (κ3) is 10.5. The first-order valence-electron chi connectivity index (χ1n) is 11.2. The van der Waals surface area contributed by atoms with Crippen molar-refractivity contribution in [3.8, 4) is 11.3 Å². The number of hydrogen-bond acceptors (Lipinski definition) is 3. The number of nitrogens with two attached hydrogens (primary N) is 1. The number of benzene rings is 1. The van der Waals surface area contributed by atoms with Gasteiger partial charge in [-0.3, -0.25) is 9.48 Å². The van der Waals surface area contributed by atoms with Crippen LogP contribution in [0.2, 0.25) is 0 Å². The molecule has 5 nitrogen and oxygen atoms in total. The Bertz CT molecular complexity index is 1010. The summed E-state index contributed by atoms with van der Waals surface area (Å²) in [6.45, 7) is 5.29. The minimum Gasteiger partial charge on any atom is -0.366 e. The minimum atomic E-state index is -4.45. The number of amides is 1. The number of halogens is 4. The Morgan fingerprint density at radius 2 is 2.03 bits per heavy atom. The van der Waals surface area contributed by atoms with Gasteiger partial charge in [0.1, 0.15) is 0 Å². The number of hydrogen-bond donors (Lipinski definition) is 2. The maximum atomic E-state index is 12.0. The number of carbonyl (C=O) groups is 1. The van der Waals surface area contributed by atoms with E-state index in [1.54, 1.807) is 0 Å². The molecule has 1 unspecified atom stereocenters. The van der Waals surface area contributed by atoms with Crippen LogP contribution in [0.25, 0.3) is 11.3 Å². The van der Waals surface area contributed by atoms with Crippen LogP contribution in [0, 0.1) is 0 Å². The van der Waals surface area contributed by atoms with E-state index in [1.165, 1.54) is 55.1 Å². The largest absolute Gasteiger partial charge is 0.412 e. The molecule has 2 aromatic rings. The van der Waals surface area contributed by atoms with Crippen LogP contribution in [0.1, 0.15) is 31.7 Å². The van der Waals surface area contributed by atoms with Gasteiger partial charge in [0.15, 0.2) is 0 Å². The van der Waals surface area contributed by atoms with E-state index in [1.807, 2.05) is 17.9 Å². The van der Waals surface area contributed by atoms with Gasteiger partial charge in [-0.05, 0) is 56.5 Å². The molecular formula is C26H34ClF3N4O. The predicted molar refractivity (Wildman–Crippen MR) is 137 cm³/mol. The van der Waals surface area contributed by atoms with Gasteiger partial charge in [-0.15, -0.1) is 11.6 Å². The van der Waals surface area contributed by atoms with Crippen LogP contribution >= 0.6 is 11.6 Å². The molecule has 1 saturated heterocycles. The van der Waals surface area contributed by atoms with E-state index in [0.29, 0.717) is 12.1 Å². The topological polar surface area (TPSA) is 72.9 Å². The molecule has 2 heterocycles. The van der Waals surface area contributed by atoms with Gasteiger partial charge in [0.25, 0.3) is 0 Å². The lowest BCUT2D eigenvalue weighted by molar-refractivity contribution is -0.114. The number of allylic oxidation sites excluding steroid dienone is 3. The molecule has 1 amide bonds. The van der Waals surface area contributed by atoms with E-state index >= 15 is 0 Å². The van der Waals surface area contributed by atoms with E-state index in [2.05, 4.69) is 58.9 Å². The van der Waals surface area contributed by atoms with Crippen LogP contribution in [0.5, 0.6) is 0 Å². The van der Waals surface area contributed by atoms with Gasteiger partial charge in [-0.1, -0.05) is 43.4 Å². The van der Waals surface area contributed by atoms with Gasteiger partial charge >= 0.3 is 6.18 Å². The first kappa shape index (κ1) is 30.2.